The first-order chi connectivity index (χ1) is 25.5. The number of hydrogen-bond acceptors (Lipinski definition) is 8. The second kappa shape index (κ2) is 13.2. The molecule has 4 aromatic carbocycles. The Bertz CT molecular complexity index is 2220. The van der Waals surface area contributed by atoms with Crippen LogP contribution < -0.4 is 19.8 Å². The smallest absolute Gasteiger partial charge is 0.260 e. The average Bonchev–Trinajstić information content (AvgIpc) is 3.53. The molecule has 6 atom stereocenters. The highest BCUT2D eigenvalue weighted by atomic mass is 127. The van der Waals surface area contributed by atoms with Crippen molar-refractivity contribution < 1.29 is 38.1 Å². The van der Waals surface area contributed by atoms with Crippen molar-refractivity contribution in [3.05, 3.63) is 122 Å². The van der Waals surface area contributed by atoms with Crippen LogP contribution in [0.3, 0.4) is 0 Å². The van der Waals surface area contributed by atoms with Gasteiger partial charge in [0.25, 0.3) is 11.8 Å². The van der Waals surface area contributed by atoms with Crippen molar-refractivity contribution >= 4 is 69.2 Å². The summed E-state index contributed by atoms with van der Waals surface area (Å²) in [5.41, 5.74) is 3.26. The van der Waals surface area contributed by atoms with Gasteiger partial charge < -0.3 is 14.6 Å². The number of fused-ring (bicyclic) bond motifs is 4. The maximum atomic E-state index is 15.4. The average molecular weight is 848 g/mol. The Kier molecular flexibility index (Phi) is 8.72. The minimum absolute atomic E-state index is 0.0388. The van der Waals surface area contributed by atoms with Crippen molar-refractivity contribution in [3.8, 4) is 17.2 Å². The summed E-state index contributed by atoms with van der Waals surface area (Å²) in [5, 5.41) is 13.2. The Morgan fingerprint density at radius 1 is 0.887 bits per heavy atom. The molecule has 270 valence electrons. The van der Waals surface area contributed by atoms with E-state index in [2.05, 4.69) is 28.0 Å². The summed E-state index contributed by atoms with van der Waals surface area (Å²) < 4.78 is 26.2. The number of halogens is 3. The van der Waals surface area contributed by atoms with E-state index in [1.807, 2.05) is 18.2 Å². The maximum Gasteiger partial charge on any atom is 0.260 e. The summed E-state index contributed by atoms with van der Waals surface area (Å²) in [6.45, 7) is 0. The molecule has 0 radical (unpaired) electrons. The molecular weight excluding hydrogens is 816 g/mol. The predicted octanol–water partition coefficient (Wildman–Crippen LogP) is 7.00. The van der Waals surface area contributed by atoms with Crippen molar-refractivity contribution in [2.45, 2.75) is 24.2 Å². The Morgan fingerprint density at radius 3 is 2.25 bits per heavy atom. The molecule has 1 saturated carbocycles. The van der Waals surface area contributed by atoms with E-state index in [1.165, 1.54) is 49.5 Å². The molecule has 4 amide bonds. The molecule has 0 aromatic heterocycles. The number of allylic oxidation sites excluding steroid dienone is 2. The van der Waals surface area contributed by atoms with Crippen molar-refractivity contribution in [1.82, 2.24) is 5.01 Å². The van der Waals surface area contributed by atoms with Gasteiger partial charge in [0.2, 0.25) is 11.8 Å². The third-order valence-corrected chi connectivity index (χ3v) is 12.2. The summed E-state index contributed by atoms with van der Waals surface area (Å²) in [4.78, 5) is 60.0. The Morgan fingerprint density at radius 2 is 1.58 bits per heavy atom. The second-order valence-corrected chi connectivity index (χ2v) is 15.3. The molecule has 53 heavy (non-hydrogen) atoms. The number of phenolic OH excluding ortho intramolecular Hbond substituents is 1. The van der Waals surface area contributed by atoms with Crippen molar-refractivity contribution in [2.75, 3.05) is 24.5 Å². The number of aromatic hydroxyl groups is 1. The lowest BCUT2D eigenvalue weighted by atomic mass is 9.49. The number of anilines is 2. The van der Waals surface area contributed by atoms with E-state index < -0.39 is 58.5 Å². The molecule has 2 saturated heterocycles. The van der Waals surface area contributed by atoms with E-state index >= 15 is 4.79 Å². The molecule has 10 nitrogen and oxygen atoms in total. The SMILES string of the molecule is COc1cc(O)c([C@H]2C3=CC[C@@H]4C(=O)N(c5ccc(I)cc5)C(=O)[C@@H]4[C@@H]3C[C@H]3C(=O)N(Nc4ccc(F)cc4)C(=O)[C@@]23c2ccc(Cl)cc2)c(OC)c1. The Hall–Kier alpha value is -4.95. The zero-order valence-corrected chi connectivity index (χ0v) is 31.3. The molecule has 4 aromatic rings. The molecule has 2 aliphatic carbocycles. The first-order valence-corrected chi connectivity index (χ1v) is 18.4. The van der Waals surface area contributed by atoms with Gasteiger partial charge in [0, 0.05) is 32.2 Å². The fourth-order valence-corrected chi connectivity index (χ4v) is 9.46. The monoisotopic (exact) mass is 847 g/mol. The summed E-state index contributed by atoms with van der Waals surface area (Å²) in [5.74, 6) is -6.58. The summed E-state index contributed by atoms with van der Waals surface area (Å²) >= 11 is 8.53. The van der Waals surface area contributed by atoms with Crippen LogP contribution in [-0.4, -0.2) is 48.0 Å². The van der Waals surface area contributed by atoms with Crippen LogP contribution >= 0.6 is 34.2 Å². The minimum Gasteiger partial charge on any atom is -0.507 e. The lowest BCUT2D eigenvalue weighted by Crippen LogP contribution is -2.53. The molecule has 13 heteroatoms. The van der Waals surface area contributed by atoms with Crippen LogP contribution in [0.5, 0.6) is 17.2 Å². The zero-order valence-electron chi connectivity index (χ0n) is 28.4. The molecule has 3 fully saturated rings. The van der Waals surface area contributed by atoms with Gasteiger partial charge in [-0.2, -0.15) is 5.01 Å². The van der Waals surface area contributed by atoms with Crippen LogP contribution in [0.1, 0.15) is 29.9 Å². The minimum atomic E-state index is -1.70. The Labute approximate surface area is 322 Å². The molecule has 8 rings (SSSR count). The van der Waals surface area contributed by atoms with E-state index in [0.29, 0.717) is 33.3 Å². The summed E-state index contributed by atoms with van der Waals surface area (Å²) in [7, 11) is 2.87. The predicted molar refractivity (Wildman–Crippen MR) is 202 cm³/mol. The van der Waals surface area contributed by atoms with E-state index in [0.717, 1.165) is 8.58 Å². The van der Waals surface area contributed by atoms with Crippen LogP contribution in [0.2, 0.25) is 5.02 Å². The number of benzene rings is 4. The van der Waals surface area contributed by atoms with Gasteiger partial charge >= 0.3 is 0 Å². The summed E-state index contributed by atoms with van der Waals surface area (Å²) in [6.07, 6.45) is 2.12. The fourth-order valence-electron chi connectivity index (χ4n) is 8.98. The third kappa shape index (κ3) is 5.31. The fraction of sp³-hybridized carbons (Fsp3) is 0.250. The number of methoxy groups -OCH3 is 2. The van der Waals surface area contributed by atoms with Crippen molar-refractivity contribution in [1.29, 1.82) is 0 Å². The topological polar surface area (TPSA) is 125 Å². The largest absolute Gasteiger partial charge is 0.507 e. The normalized spacial score (nSPS) is 26.2. The molecule has 0 unspecified atom stereocenters. The van der Waals surface area contributed by atoms with E-state index in [4.69, 9.17) is 21.1 Å². The number of hydrazine groups is 1. The van der Waals surface area contributed by atoms with E-state index in [9.17, 15) is 23.9 Å². The van der Waals surface area contributed by atoms with Gasteiger partial charge in [0.15, 0.2) is 0 Å². The Balaban J connectivity index is 1.36. The van der Waals surface area contributed by atoms with Crippen LogP contribution in [0, 0.1) is 33.1 Å². The number of carbonyl (C=O) groups is 4. The van der Waals surface area contributed by atoms with Gasteiger partial charge in [-0.25, -0.2) is 4.39 Å². The number of ether oxygens (including phenoxy) is 2. The van der Waals surface area contributed by atoms with Crippen molar-refractivity contribution in [2.24, 2.45) is 23.7 Å². The van der Waals surface area contributed by atoms with Gasteiger partial charge in [-0.05, 0) is 108 Å². The van der Waals surface area contributed by atoms with Crippen molar-refractivity contribution in [3.63, 3.8) is 0 Å². The van der Waals surface area contributed by atoms with Crippen LogP contribution in [-0.2, 0) is 24.6 Å². The van der Waals surface area contributed by atoms with E-state index in [-0.39, 0.29) is 35.8 Å². The number of nitrogens with one attached hydrogen (secondary N) is 1. The first-order valence-electron chi connectivity index (χ1n) is 16.9. The molecule has 2 N–H and O–H groups in total. The number of carbonyl (C=O) groups excluding carboxylic acids is 4. The standard InChI is InChI=1S/C40H32ClFIN3O7/c1-52-26-17-31(47)34(32(18-26)53-2)35-27-15-16-28-33(38(50)45(36(28)48)25-13-9-23(43)10-14-25)29(27)19-30-37(49)46(44-24-11-7-22(42)8-12-24)39(51)40(30,35)20-3-5-21(41)6-4-20/h3-15,17-18,28-30,33,35,44,47H,16,19H2,1-2H3/t28-,29+,30-,33-,35+,40+/m0/s1. The van der Waals surface area contributed by atoms with Crippen LogP contribution in [0.15, 0.2) is 96.6 Å². The van der Waals surface area contributed by atoms with Gasteiger partial charge in [-0.3, -0.25) is 29.5 Å². The molecule has 2 heterocycles. The quantitative estimate of drug-likeness (QED) is 0.116. The lowest BCUT2D eigenvalue weighted by Gasteiger charge is -2.50. The summed E-state index contributed by atoms with van der Waals surface area (Å²) in [6, 6.07) is 22.0. The maximum absolute atomic E-state index is 15.4. The molecular formula is C40H32ClFIN3O7. The molecule has 2 aliphatic heterocycles. The van der Waals surface area contributed by atoms with E-state index in [1.54, 1.807) is 42.5 Å². The number of rotatable bonds is 7. The number of amides is 4. The van der Waals surface area contributed by atoms with Crippen LogP contribution in [0.25, 0.3) is 0 Å². The highest BCUT2D eigenvalue weighted by Crippen LogP contribution is 2.66. The number of phenols is 1. The number of imide groups is 2. The lowest BCUT2D eigenvalue weighted by molar-refractivity contribution is -0.138. The molecule has 4 aliphatic rings. The van der Waals surface area contributed by atoms with Gasteiger partial charge in [-0.1, -0.05) is 35.4 Å². The van der Waals surface area contributed by atoms with Crippen LogP contribution in [0.4, 0.5) is 15.8 Å². The van der Waals surface area contributed by atoms with Gasteiger partial charge in [-0.15, -0.1) is 0 Å². The number of nitrogens with zero attached hydrogens (tertiary/aromatic N) is 2. The highest BCUT2D eigenvalue weighted by Gasteiger charge is 2.71. The second-order valence-electron chi connectivity index (χ2n) is 13.6. The third-order valence-electron chi connectivity index (χ3n) is 11.2. The molecule has 0 bridgehead atoms. The highest BCUT2D eigenvalue weighted by molar-refractivity contribution is 14.1. The first kappa shape index (κ1) is 35.1. The van der Waals surface area contributed by atoms with Gasteiger partial charge in [0.1, 0.15) is 23.1 Å². The molecule has 0 spiro atoms. The zero-order chi connectivity index (χ0) is 37.3. The number of hydrogen-bond donors (Lipinski definition) is 2. The van der Waals surface area contributed by atoms with Gasteiger partial charge in [0.05, 0.1) is 48.8 Å².